The van der Waals surface area contributed by atoms with Crippen molar-refractivity contribution in [2.24, 2.45) is 0 Å². The molecule has 8 heteroatoms. The molecule has 7 nitrogen and oxygen atoms in total. The second-order valence-electron chi connectivity index (χ2n) is 6.05. The van der Waals surface area contributed by atoms with Crippen LogP contribution in [0.4, 0.5) is 0 Å². The highest BCUT2D eigenvalue weighted by Crippen LogP contribution is 2.34. The number of hydrogen-bond donors (Lipinski definition) is 0. The Morgan fingerprint density at radius 1 is 1.33 bits per heavy atom. The normalized spacial score (nSPS) is 19.2. The summed E-state index contributed by atoms with van der Waals surface area (Å²) in [6.45, 7) is 2.58. The van der Waals surface area contributed by atoms with Crippen LogP contribution in [0.1, 0.15) is 37.3 Å². The molecule has 0 bridgehead atoms. The third-order valence-electron chi connectivity index (χ3n) is 4.34. The highest BCUT2D eigenvalue weighted by atomic mass is 32.2. The van der Waals surface area contributed by atoms with Gasteiger partial charge in [0.15, 0.2) is 0 Å². The van der Waals surface area contributed by atoms with Gasteiger partial charge in [0.1, 0.15) is 11.6 Å². The molecular formula is C16H23N5O2S. The van der Waals surface area contributed by atoms with E-state index in [0.717, 1.165) is 36.6 Å². The quantitative estimate of drug-likeness (QED) is 0.825. The van der Waals surface area contributed by atoms with Gasteiger partial charge in [-0.2, -0.15) is 17.0 Å². The van der Waals surface area contributed by atoms with Crippen LogP contribution in [0.5, 0.6) is 0 Å². The van der Waals surface area contributed by atoms with Crippen LogP contribution in [0, 0.1) is 0 Å². The standard InChI is InChI=1S/C16H23N5O2S/c1-4-15-17-10-12-20(15)16-9-5-7-13(18-16)14-8-6-11-21(14)24(22,23)19(2)3/h5,7,9-10,12,14H,4,6,8,11H2,1-3H3. The van der Waals surface area contributed by atoms with Gasteiger partial charge >= 0.3 is 0 Å². The number of aryl methyl sites for hydroxylation is 1. The minimum Gasteiger partial charge on any atom is -0.288 e. The van der Waals surface area contributed by atoms with Crippen LogP contribution in [0.15, 0.2) is 30.6 Å². The Kier molecular flexibility index (Phi) is 4.71. The Labute approximate surface area is 143 Å². The van der Waals surface area contributed by atoms with Crippen LogP contribution < -0.4 is 0 Å². The van der Waals surface area contributed by atoms with Crippen LogP contribution in [0.2, 0.25) is 0 Å². The summed E-state index contributed by atoms with van der Waals surface area (Å²) < 4.78 is 29.8. The van der Waals surface area contributed by atoms with Crippen molar-refractivity contribution in [3.05, 3.63) is 42.1 Å². The number of nitrogens with zero attached hydrogens (tertiary/aromatic N) is 5. The van der Waals surface area contributed by atoms with Crippen molar-refractivity contribution >= 4 is 10.2 Å². The van der Waals surface area contributed by atoms with E-state index in [4.69, 9.17) is 4.98 Å². The molecule has 0 N–H and O–H groups in total. The van der Waals surface area contributed by atoms with Gasteiger partial charge in [0, 0.05) is 39.5 Å². The molecule has 1 unspecified atom stereocenters. The molecule has 0 saturated carbocycles. The fraction of sp³-hybridized carbons (Fsp3) is 0.500. The smallest absolute Gasteiger partial charge is 0.282 e. The number of pyridine rings is 1. The molecule has 130 valence electrons. The van der Waals surface area contributed by atoms with E-state index in [2.05, 4.69) is 4.98 Å². The minimum absolute atomic E-state index is 0.217. The highest BCUT2D eigenvalue weighted by molar-refractivity contribution is 7.86. The molecule has 0 spiro atoms. The lowest BCUT2D eigenvalue weighted by molar-refractivity contribution is 0.358. The van der Waals surface area contributed by atoms with Crippen LogP contribution in [0.3, 0.4) is 0 Å². The second kappa shape index (κ2) is 6.62. The van der Waals surface area contributed by atoms with Crippen molar-refractivity contribution in [3.8, 4) is 5.82 Å². The molecule has 2 aromatic rings. The zero-order valence-corrected chi connectivity index (χ0v) is 15.1. The molecule has 3 heterocycles. The molecule has 0 aromatic carbocycles. The van der Waals surface area contributed by atoms with E-state index < -0.39 is 10.2 Å². The van der Waals surface area contributed by atoms with Crippen LogP contribution in [0.25, 0.3) is 5.82 Å². The minimum atomic E-state index is -3.45. The molecular weight excluding hydrogens is 326 g/mol. The van der Waals surface area contributed by atoms with E-state index in [1.54, 1.807) is 24.6 Å². The predicted molar refractivity (Wildman–Crippen MR) is 92.0 cm³/mol. The van der Waals surface area contributed by atoms with E-state index in [-0.39, 0.29) is 6.04 Å². The highest BCUT2D eigenvalue weighted by Gasteiger charge is 2.37. The first-order valence-electron chi connectivity index (χ1n) is 8.14. The molecule has 0 aliphatic carbocycles. The third kappa shape index (κ3) is 2.97. The summed E-state index contributed by atoms with van der Waals surface area (Å²) in [5, 5.41) is 0. The predicted octanol–water partition coefficient (Wildman–Crippen LogP) is 1.77. The molecule has 1 fully saturated rings. The largest absolute Gasteiger partial charge is 0.288 e. The van der Waals surface area contributed by atoms with Crippen molar-refractivity contribution in [2.45, 2.75) is 32.2 Å². The third-order valence-corrected chi connectivity index (χ3v) is 6.29. The molecule has 2 aromatic heterocycles. The lowest BCUT2D eigenvalue weighted by Crippen LogP contribution is -2.39. The Hall–Kier alpha value is -1.77. The van der Waals surface area contributed by atoms with Gasteiger partial charge in [0.05, 0.1) is 11.7 Å². The summed E-state index contributed by atoms with van der Waals surface area (Å²) in [6.07, 6.45) is 6.08. The summed E-state index contributed by atoms with van der Waals surface area (Å²) in [5.41, 5.74) is 0.783. The van der Waals surface area contributed by atoms with Gasteiger partial charge in [0.25, 0.3) is 10.2 Å². The molecule has 0 radical (unpaired) electrons. The number of imidazole rings is 1. The van der Waals surface area contributed by atoms with Gasteiger partial charge in [0.2, 0.25) is 0 Å². The fourth-order valence-electron chi connectivity index (χ4n) is 3.09. The molecule has 1 saturated heterocycles. The maximum atomic E-state index is 12.5. The molecule has 3 rings (SSSR count). The molecule has 1 atom stereocenters. The lowest BCUT2D eigenvalue weighted by atomic mass is 10.1. The molecule has 24 heavy (non-hydrogen) atoms. The van der Waals surface area contributed by atoms with Crippen LogP contribution in [-0.4, -0.2) is 52.2 Å². The molecule has 0 amide bonds. The number of hydrogen-bond acceptors (Lipinski definition) is 4. The zero-order chi connectivity index (χ0) is 17.3. The fourth-order valence-corrected chi connectivity index (χ4v) is 4.40. The average Bonchev–Trinajstić information content (AvgIpc) is 3.24. The summed E-state index contributed by atoms with van der Waals surface area (Å²) in [7, 11) is -0.320. The first-order valence-corrected chi connectivity index (χ1v) is 9.53. The first-order chi connectivity index (χ1) is 11.4. The van der Waals surface area contributed by atoms with Gasteiger partial charge in [-0.15, -0.1) is 0 Å². The average molecular weight is 349 g/mol. The second-order valence-corrected chi connectivity index (χ2v) is 8.14. The number of aromatic nitrogens is 3. The molecule has 1 aliphatic rings. The van der Waals surface area contributed by atoms with Crippen LogP contribution in [-0.2, 0) is 16.6 Å². The van der Waals surface area contributed by atoms with E-state index in [0.29, 0.717) is 6.54 Å². The Morgan fingerprint density at radius 3 is 2.83 bits per heavy atom. The van der Waals surface area contributed by atoms with Gasteiger partial charge in [-0.05, 0) is 25.0 Å². The maximum Gasteiger partial charge on any atom is 0.282 e. The topological polar surface area (TPSA) is 71.3 Å². The van der Waals surface area contributed by atoms with E-state index in [1.165, 1.54) is 4.31 Å². The van der Waals surface area contributed by atoms with Crippen molar-refractivity contribution in [1.29, 1.82) is 0 Å². The van der Waals surface area contributed by atoms with E-state index in [9.17, 15) is 8.42 Å². The van der Waals surface area contributed by atoms with Crippen molar-refractivity contribution in [2.75, 3.05) is 20.6 Å². The van der Waals surface area contributed by atoms with E-state index in [1.807, 2.05) is 35.9 Å². The van der Waals surface area contributed by atoms with Gasteiger partial charge < -0.3 is 0 Å². The van der Waals surface area contributed by atoms with Crippen molar-refractivity contribution in [1.82, 2.24) is 23.1 Å². The molecule has 1 aliphatic heterocycles. The van der Waals surface area contributed by atoms with Gasteiger partial charge in [-0.3, -0.25) is 4.57 Å². The summed E-state index contributed by atoms with van der Waals surface area (Å²) in [6, 6.07) is 5.53. The SMILES string of the molecule is CCc1nccn1-c1cccc(C2CCCN2S(=O)(=O)N(C)C)n1. The Balaban J connectivity index is 1.97. The Bertz CT molecular complexity index is 815. The maximum absolute atomic E-state index is 12.5. The zero-order valence-electron chi connectivity index (χ0n) is 14.3. The summed E-state index contributed by atoms with van der Waals surface area (Å²) >= 11 is 0. The lowest BCUT2D eigenvalue weighted by Gasteiger charge is -2.26. The van der Waals surface area contributed by atoms with Gasteiger partial charge in [-0.1, -0.05) is 13.0 Å². The van der Waals surface area contributed by atoms with Crippen LogP contribution >= 0.6 is 0 Å². The monoisotopic (exact) mass is 349 g/mol. The first kappa shape index (κ1) is 17.1. The summed E-state index contributed by atoms with van der Waals surface area (Å²) in [4.78, 5) is 9.05. The Morgan fingerprint density at radius 2 is 2.12 bits per heavy atom. The summed E-state index contributed by atoms with van der Waals surface area (Å²) in [5.74, 6) is 1.71. The van der Waals surface area contributed by atoms with E-state index >= 15 is 0 Å². The number of rotatable bonds is 5. The van der Waals surface area contributed by atoms with Crippen molar-refractivity contribution in [3.63, 3.8) is 0 Å². The van der Waals surface area contributed by atoms with Gasteiger partial charge in [-0.25, -0.2) is 9.97 Å². The van der Waals surface area contributed by atoms with Crippen molar-refractivity contribution < 1.29 is 8.42 Å².